The van der Waals surface area contributed by atoms with Crippen LogP contribution in [0.3, 0.4) is 0 Å². The minimum Gasteiger partial charge on any atom is -0.444 e. The van der Waals surface area contributed by atoms with Crippen molar-refractivity contribution in [2.45, 2.75) is 64.9 Å². The Hall–Kier alpha value is -1.21. The molecule has 5 nitrogen and oxygen atoms in total. The van der Waals surface area contributed by atoms with Gasteiger partial charge in [-0.05, 0) is 59.9 Å². The van der Waals surface area contributed by atoms with Crippen LogP contribution in [0.2, 0.25) is 0 Å². The number of alkyl carbamates (subject to hydrolysis) is 1. The predicted octanol–water partition coefficient (Wildman–Crippen LogP) is 3.91. The standard InChI is InChI=1S/C16H26N2O3S2/c1-11(17-14(19)21-15(2,3)4)13(12-9-8-10-22-12)18-23(20)16(5,6)7/h8-11H,1-7H3,(H,17,19)/t11-,23?/m0/s1. The molecule has 0 aromatic carbocycles. The molecule has 1 unspecified atom stereocenters. The molecule has 1 heterocycles. The minimum atomic E-state index is -1.40. The molecule has 0 spiro atoms. The molecule has 0 saturated carbocycles. The summed E-state index contributed by atoms with van der Waals surface area (Å²) < 4.78 is 21.5. The fourth-order valence-corrected chi connectivity index (χ4v) is 3.11. The summed E-state index contributed by atoms with van der Waals surface area (Å²) in [6, 6.07) is 3.39. The number of nitrogens with zero attached hydrogens (tertiary/aromatic N) is 1. The number of nitrogens with one attached hydrogen (secondary N) is 1. The Labute approximate surface area is 145 Å². The van der Waals surface area contributed by atoms with E-state index in [0.29, 0.717) is 5.71 Å². The summed E-state index contributed by atoms with van der Waals surface area (Å²) in [5, 5.41) is 4.68. The van der Waals surface area contributed by atoms with E-state index in [1.54, 1.807) is 20.8 Å². The highest BCUT2D eigenvalue weighted by Crippen LogP contribution is 2.18. The molecule has 1 aromatic heterocycles. The third-order valence-corrected chi connectivity index (χ3v) is 4.92. The van der Waals surface area contributed by atoms with Crippen LogP contribution in [0.4, 0.5) is 4.79 Å². The average Bonchev–Trinajstić information content (AvgIpc) is 2.84. The van der Waals surface area contributed by atoms with E-state index < -0.39 is 33.5 Å². The molecule has 1 amide bonds. The molecule has 1 N–H and O–H groups in total. The van der Waals surface area contributed by atoms with E-state index in [2.05, 4.69) is 9.71 Å². The number of carbonyl (C=O) groups excluding carboxylic acids is 1. The van der Waals surface area contributed by atoms with Crippen LogP contribution in [0, 0.1) is 0 Å². The Morgan fingerprint density at radius 2 is 1.91 bits per heavy atom. The van der Waals surface area contributed by atoms with Gasteiger partial charge in [-0.25, -0.2) is 9.00 Å². The maximum absolute atomic E-state index is 12.4. The Morgan fingerprint density at radius 3 is 2.35 bits per heavy atom. The van der Waals surface area contributed by atoms with Gasteiger partial charge in [0.25, 0.3) is 0 Å². The number of carbonyl (C=O) groups is 1. The summed E-state index contributed by atoms with van der Waals surface area (Å²) >= 11 is 1.49. The van der Waals surface area contributed by atoms with Gasteiger partial charge >= 0.3 is 6.09 Å². The van der Waals surface area contributed by atoms with Gasteiger partial charge in [-0.15, -0.1) is 11.3 Å². The van der Waals surface area contributed by atoms with Gasteiger partial charge in [-0.2, -0.15) is 4.40 Å². The molecule has 0 aliphatic carbocycles. The molecule has 0 bridgehead atoms. The maximum atomic E-state index is 12.4. The molecule has 0 fully saturated rings. The molecule has 130 valence electrons. The first kappa shape index (κ1) is 19.8. The minimum absolute atomic E-state index is 0.408. The topological polar surface area (TPSA) is 67.8 Å². The Balaban J connectivity index is 3.00. The fraction of sp³-hybridized carbons (Fsp3) is 0.625. The number of ether oxygens (including phenoxy) is 1. The van der Waals surface area contributed by atoms with Crippen molar-refractivity contribution in [3.63, 3.8) is 0 Å². The largest absolute Gasteiger partial charge is 0.444 e. The normalized spacial score (nSPS) is 15.9. The highest BCUT2D eigenvalue weighted by molar-refractivity contribution is 7.85. The lowest BCUT2D eigenvalue weighted by Crippen LogP contribution is -2.42. The van der Waals surface area contributed by atoms with Crippen molar-refractivity contribution >= 4 is 34.1 Å². The SMILES string of the molecule is C[C@H](NC(=O)OC(C)(C)C)C(=NS(=O)C(C)(C)C)c1cccs1. The van der Waals surface area contributed by atoms with Crippen LogP contribution in [-0.4, -0.2) is 32.4 Å². The summed E-state index contributed by atoms with van der Waals surface area (Å²) in [6.45, 7) is 12.8. The third kappa shape index (κ3) is 6.83. The van der Waals surface area contributed by atoms with E-state index >= 15 is 0 Å². The molecular formula is C16H26N2O3S2. The lowest BCUT2D eigenvalue weighted by molar-refractivity contribution is 0.0521. The third-order valence-electron chi connectivity index (χ3n) is 2.62. The predicted molar refractivity (Wildman–Crippen MR) is 97.6 cm³/mol. The lowest BCUT2D eigenvalue weighted by Gasteiger charge is -2.23. The van der Waals surface area contributed by atoms with E-state index in [9.17, 15) is 9.00 Å². The molecule has 1 aromatic rings. The molecule has 0 aliphatic heterocycles. The lowest BCUT2D eigenvalue weighted by atomic mass is 10.1. The van der Waals surface area contributed by atoms with Crippen molar-refractivity contribution < 1.29 is 13.7 Å². The number of thiophene rings is 1. The summed E-state index contributed by atoms with van der Waals surface area (Å²) in [5.74, 6) is 0. The quantitative estimate of drug-likeness (QED) is 0.830. The second-order valence-corrected chi connectivity index (χ2v) is 10.0. The van der Waals surface area contributed by atoms with Crippen LogP contribution in [0.5, 0.6) is 0 Å². The van der Waals surface area contributed by atoms with Gasteiger partial charge in [0.15, 0.2) is 0 Å². The van der Waals surface area contributed by atoms with Crippen molar-refractivity contribution in [3.05, 3.63) is 22.4 Å². The van der Waals surface area contributed by atoms with Crippen LogP contribution < -0.4 is 5.32 Å². The maximum Gasteiger partial charge on any atom is 0.408 e. The number of hydrogen-bond donors (Lipinski definition) is 1. The van der Waals surface area contributed by atoms with Crippen LogP contribution >= 0.6 is 11.3 Å². The molecule has 0 radical (unpaired) electrons. The van der Waals surface area contributed by atoms with Crippen LogP contribution in [0.15, 0.2) is 21.9 Å². The molecule has 2 atom stereocenters. The van der Waals surface area contributed by atoms with Crippen molar-refractivity contribution in [2.24, 2.45) is 4.40 Å². The summed E-state index contributed by atoms with van der Waals surface area (Å²) in [4.78, 5) is 12.8. The fourth-order valence-electron chi connectivity index (χ4n) is 1.54. The molecule has 0 saturated heterocycles. The summed E-state index contributed by atoms with van der Waals surface area (Å²) in [7, 11) is -1.40. The zero-order valence-electron chi connectivity index (χ0n) is 14.8. The highest BCUT2D eigenvalue weighted by Gasteiger charge is 2.25. The van der Waals surface area contributed by atoms with Gasteiger partial charge < -0.3 is 10.1 Å². The van der Waals surface area contributed by atoms with Gasteiger partial charge in [-0.1, -0.05) is 6.07 Å². The van der Waals surface area contributed by atoms with Crippen molar-refractivity contribution in [1.29, 1.82) is 0 Å². The Kier molecular flexibility index (Phi) is 6.53. The first-order valence-corrected chi connectivity index (χ1v) is 9.43. The zero-order valence-corrected chi connectivity index (χ0v) is 16.4. The van der Waals surface area contributed by atoms with Gasteiger partial charge in [0, 0.05) is 0 Å². The smallest absolute Gasteiger partial charge is 0.408 e. The molecule has 0 aliphatic rings. The first-order valence-electron chi connectivity index (χ1n) is 7.44. The van der Waals surface area contributed by atoms with E-state index in [1.165, 1.54) is 11.3 Å². The zero-order chi connectivity index (χ0) is 17.8. The highest BCUT2D eigenvalue weighted by atomic mass is 32.2. The van der Waals surface area contributed by atoms with Gasteiger partial charge in [0.05, 0.1) is 21.4 Å². The van der Waals surface area contributed by atoms with Crippen LogP contribution in [0.25, 0.3) is 0 Å². The second-order valence-electron chi connectivity index (χ2n) is 7.18. The molecular weight excluding hydrogens is 332 g/mol. The van der Waals surface area contributed by atoms with Crippen molar-refractivity contribution in [3.8, 4) is 0 Å². The van der Waals surface area contributed by atoms with Gasteiger partial charge in [-0.3, -0.25) is 0 Å². The molecule has 1 rings (SSSR count). The van der Waals surface area contributed by atoms with E-state index in [-0.39, 0.29) is 0 Å². The first-order chi connectivity index (χ1) is 10.4. The number of amides is 1. The van der Waals surface area contributed by atoms with Crippen molar-refractivity contribution in [2.75, 3.05) is 0 Å². The summed E-state index contributed by atoms with van der Waals surface area (Å²) in [6.07, 6.45) is -0.518. The van der Waals surface area contributed by atoms with Crippen molar-refractivity contribution in [1.82, 2.24) is 5.32 Å². The van der Waals surface area contributed by atoms with E-state index in [1.807, 2.05) is 45.2 Å². The monoisotopic (exact) mass is 358 g/mol. The van der Waals surface area contributed by atoms with E-state index in [0.717, 1.165) is 4.88 Å². The molecule has 23 heavy (non-hydrogen) atoms. The van der Waals surface area contributed by atoms with E-state index in [4.69, 9.17) is 4.74 Å². The Bertz CT molecular complexity index is 581. The van der Waals surface area contributed by atoms with Crippen LogP contribution in [-0.2, 0) is 15.7 Å². The van der Waals surface area contributed by atoms with Crippen LogP contribution in [0.1, 0.15) is 53.3 Å². The number of rotatable bonds is 4. The summed E-state index contributed by atoms with van der Waals surface area (Å²) in [5.41, 5.74) is 0.0252. The second kappa shape index (κ2) is 7.57. The number of hydrogen-bond acceptors (Lipinski definition) is 4. The van der Waals surface area contributed by atoms with Gasteiger partial charge in [0.1, 0.15) is 16.6 Å². The molecule has 7 heteroatoms. The Morgan fingerprint density at radius 1 is 1.30 bits per heavy atom. The average molecular weight is 359 g/mol. The van der Waals surface area contributed by atoms with Gasteiger partial charge in [0.2, 0.25) is 0 Å².